The first kappa shape index (κ1) is 21.7. The highest BCUT2D eigenvalue weighted by Crippen LogP contribution is 2.27. The smallest absolute Gasteiger partial charge is 0.273 e. The third kappa shape index (κ3) is 4.27. The lowest BCUT2D eigenvalue weighted by Crippen LogP contribution is -2.42. The van der Waals surface area contributed by atoms with Crippen molar-refractivity contribution >= 4 is 28.9 Å². The first-order valence-electron chi connectivity index (χ1n) is 8.99. The van der Waals surface area contributed by atoms with Gasteiger partial charge in [-0.15, -0.1) is 16.4 Å². The Morgan fingerprint density at radius 1 is 1.17 bits per heavy atom. The van der Waals surface area contributed by atoms with E-state index in [0.29, 0.717) is 21.8 Å². The fourth-order valence-electron chi connectivity index (χ4n) is 2.96. The van der Waals surface area contributed by atoms with Gasteiger partial charge in [0.1, 0.15) is 0 Å². The summed E-state index contributed by atoms with van der Waals surface area (Å²) >= 11 is 1.35. The van der Waals surface area contributed by atoms with Crippen molar-refractivity contribution in [1.29, 1.82) is 0 Å². The zero-order valence-corrected chi connectivity index (χ0v) is 17.5. The number of carbonyl (C=O) groups excluding carboxylic acids is 2. The van der Waals surface area contributed by atoms with Gasteiger partial charge in [0.05, 0.1) is 11.3 Å². The van der Waals surface area contributed by atoms with Gasteiger partial charge in [0.15, 0.2) is 0 Å². The van der Waals surface area contributed by atoms with Crippen molar-refractivity contribution in [2.24, 2.45) is 0 Å². The summed E-state index contributed by atoms with van der Waals surface area (Å²) < 4.78 is 39.5. The van der Waals surface area contributed by atoms with Crippen molar-refractivity contribution in [3.8, 4) is 0 Å². The van der Waals surface area contributed by atoms with Crippen LogP contribution in [-0.2, 0) is 23.8 Å². The van der Waals surface area contributed by atoms with Crippen molar-refractivity contribution in [2.45, 2.75) is 46.7 Å². The minimum Gasteiger partial charge on any atom is -0.273 e. The number of hydrazine groups is 1. The molecule has 3 heterocycles. The maximum Gasteiger partial charge on any atom is 0.453 e. The molecule has 160 valence electrons. The van der Waals surface area contributed by atoms with Gasteiger partial charge in [-0.25, -0.2) is 9.50 Å². The lowest BCUT2D eigenvalue weighted by Gasteiger charge is -2.11. The van der Waals surface area contributed by atoms with Crippen molar-refractivity contribution in [3.05, 3.63) is 44.2 Å². The Balaban J connectivity index is 1.73. The number of thiophene rings is 1. The number of hydrogen-bond donors (Lipinski definition) is 2. The van der Waals surface area contributed by atoms with Crippen LogP contribution in [0.4, 0.5) is 13.2 Å². The Hall–Kier alpha value is -3.02. The molecule has 2 amide bonds. The summed E-state index contributed by atoms with van der Waals surface area (Å²) in [5.41, 5.74) is 6.74. The molecule has 8 nitrogen and oxygen atoms in total. The second-order valence-corrected chi connectivity index (χ2v) is 7.79. The highest BCUT2D eigenvalue weighted by Gasteiger charge is 2.37. The van der Waals surface area contributed by atoms with Crippen molar-refractivity contribution < 1.29 is 22.8 Å². The Labute approximate surface area is 173 Å². The molecule has 12 heteroatoms. The molecule has 0 saturated carbocycles. The Morgan fingerprint density at radius 3 is 2.47 bits per heavy atom. The predicted molar refractivity (Wildman–Crippen MR) is 103 cm³/mol. The first-order chi connectivity index (χ1) is 14.0. The van der Waals surface area contributed by atoms with E-state index in [1.807, 2.05) is 13.8 Å². The van der Waals surface area contributed by atoms with Crippen LogP contribution in [0.25, 0.3) is 5.78 Å². The zero-order valence-electron chi connectivity index (χ0n) is 16.6. The number of hydrogen-bond acceptors (Lipinski definition) is 6. The lowest BCUT2D eigenvalue weighted by molar-refractivity contribution is -0.144. The van der Waals surface area contributed by atoms with Gasteiger partial charge in [-0.2, -0.15) is 18.2 Å². The van der Waals surface area contributed by atoms with Gasteiger partial charge in [0.25, 0.3) is 17.5 Å². The van der Waals surface area contributed by atoms with Crippen LogP contribution in [-0.4, -0.2) is 31.4 Å². The van der Waals surface area contributed by atoms with Crippen LogP contribution in [0.2, 0.25) is 0 Å². The van der Waals surface area contributed by atoms with Gasteiger partial charge in [-0.3, -0.25) is 20.4 Å². The molecule has 0 spiro atoms. The van der Waals surface area contributed by atoms with Gasteiger partial charge in [-0.05, 0) is 38.8 Å². The van der Waals surface area contributed by atoms with E-state index < -0.39 is 23.8 Å². The highest BCUT2D eigenvalue weighted by molar-refractivity contribution is 7.14. The largest absolute Gasteiger partial charge is 0.453 e. The molecule has 3 aromatic rings. The van der Waals surface area contributed by atoms with Crippen LogP contribution in [0.15, 0.2) is 6.07 Å². The van der Waals surface area contributed by atoms with E-state index >= 15 is 0 Å². The number of rotatable bonds is 4. The SMILES string of the molecule is CCc1sc(C(=O)NNC(=O)Cc2c(C)nc3nc(C(F)(F)F)nn3c2C)cc1C. The molecule has 0 aliphatic heterocycles. The number of nitrogens with one attached hydrogen (secondary N) is 2. The summed E-state index contributed by atoms with van der Waals surface area (Å²) in [5.74, 6) is -2.49. The van der Waals surface area contributed by atoms with Gasteiger partial charge in [0.2, 0.25) is 5.91 Å². The Morgan fingerprint density at radius 2 is 1.87 bits per heavy atom. The maximum absolute atomic E-state index is 12.9. The Bertz CT molecular complexity index is 1140. The van der Waals surface area contributed by atoms with Gasteiger partial charge in [-0.1, -0.05) is 6.92 Å². The average Bonchev–Trinajstić information content (AvgIpc) is 3.26. The summed E-state index contributed by atoms with van der Waals surface area (Å²) in [4.78, 5) is 33.5. The molecule has 3 aromatic heterocycles. The van der Waals surface area contributed by atoms with Crippen molar-refractivity contribution in [1.82, 2.24) is 30.4 Å². The van der Waals surface area contributed by atoms with E-state index in [1.54, 1.807) is 13.0 Å². The molecule has 0 fully saturated rings. The number of nitrogens with zero attached hydrogens (tertiary/aromatic N) is 4. The molecule has 3 rings (SSSR count). The normalized spacial score (nSPS) is 11.7. The van der Waals surface area contributed by atoms with Crippen molar-refractivity contribution in [2.75, 3.05) is 0 Å². The summed E-state index contributed by atoms with van der Waals surface area (Å²) in [5, 5.41) is 3.44. The molecule has 0 aliphatic rings. The maximum atomic E-state index is 12.9. The number of amides is 2. The van der Waals surface area contributed by atoms with Crippen LogP contribution in [0.5, 0.6) is 0 Å². The zero-order chi connectivity index (χ0) is 22.2. The van der Waals surface area contributed by atoms with E-state index in [4.69, 9.17) is 0 Å². The summed E-state index contributed by atoms with van der Waals surface area (Å²) in [6.45, 7) is 6.99. The van der Waals surface area contributed by atoms with Crippen LogP contribution >= 0.6 is 11.3 Å². The fourth-order valence-corrected chi connectivity index (χ4v) is 3.97. The van der Waals surface area contributed by atoms with E-state index in [0.717, 1.165) is 21.4 Å². The molecule has 0 aromatic carbocycles. The van der Waals surface area contributed by atoms with Crippen LogP contribution in [0.3, 0.4) is 0 Å². The standard InChI is InChI=1S/C18H19F3N6O2S/c1-5-12-8(2)6-13(30-12)15(29)25-24-14(28)7-11-9(3)22-17-23-16(18(19,20)21)26-27(17)10(11)4/h6H,5,7H2,1-4H3,(H,24,28)(H,25,29). The van der Waals surface area contributed by atoms with E-state index in [9.17, 15) is 22.8 Å². The van der Waals surface area contributed by atoms with E-state index in [1.165, 1.54) is 18.3 Å². The molecular weight excluding hydrogens is 421 g/mol. The molecular formula is C18H19F3N6O2S. The average molecular weight is 440 g/mol. The van der Waals surface area contributed by atoms with Gasteiger partial charge < -0.3 is 0 Å². The fraction of sp³-hybridized carbons (Fsp3) is 0.389. The van der Waals surface area contributed by atoms with Gasteiger partial charge >= 0.3 is 6.18 Å². The van der Waals surface area contributed by atoms with Crippen LogP contribution in [0, 0.1) is 20.8 Å². The number of aryl methyl sites for hydroxylation is 4. The molecule has 0 radical (unpaired) electrons. The second-order valence-electron chi connectivity index (χ2n) is 6.66. The number of alkyl halides is 3. The monoisotopic (exact) mass is 440 g/mol. The third-order valence-electron chi connectivity index (χ3n) is 4.52. The molecule has 0 aliphatic carbocycles. The molecule has 0 atom stereocenters. The van der Waals surface area contributed by atoms with E-state index in [-0.39, 0.29) is 12.2 Å². The molecule has 0 saturated heterocycles. The second kappa shape index (κ2) is 8.01. The third-order valence-corrected chi connectivity index (χ3v) is 5.90. The minimum absolute atomic E-state index is 0.199. The quantitative estimate of drug-likeness (QED) is 0.608. The minimum atomic E-state index is -4.70. The number of aromatic nitrogens is 4. The number of carbonyl (C=O) groups is 2. The first-order valence-corrected chi connectivity index (χ1v) is 9.81. The lowest BCUT2D eigenvalue weighted by atomic mass is 10.1. The molecule has 0 bridgehead atoms. The molecule has 30 heavy (non-hydrogen) atoms. The summed E-state index contributed by atoms with van der Waals surface area (Å²) in [6.07, 6.45) is -4.10. The predicted octanol–water partition coefficient (Wildman–Crippen LogP) is 2.70. The van der Waals surface area contributed by atoms with Crippen molar-refractivity contribution in [3.63, 3.8) is 0 Å². The van der Waals surface area contributed by atoms with Crippen LogP contribution < -0.4 is 10.9 Å². The van der Waals surface area contributed by atoms with E-state index in [2.05, 4.69) is 25.9 Å². The highest BCUT2D eigenvalue weighted by atomic mass is 32.1. The summed E-state index contributed by atoms with van der Waals surface area (Å²) in [7, 11) is 0. The summed E-state index contributed by atoms with van der Waals surface area (Å²) in [6, 6.07) is 1.75. The Kier molecular flexibility index (Phi) is 5.79. The van der Waals surface area contributed by atoms with Gasteiger partial charge in [0, 0.05) is 21.8 Å². The number of halogens is 3. The number of fused-ring (bicyclic) bond motifs is 1. The topological polar surface area (TPSA) is 101 Å². The molecule has 2 N–H and O–H groups in total. The van der Waals surface area contributed by atoms with Crippen LogP contribution in [0.1, 0.15) is 49.8 Å². The molecule has 0 unspecified atom stereocenters.